The number of aliphatic imine (C=N–C) groups is 2. The number of nitrogens with one attached hydrogen (secondary N) is 10. The maximum Gasteiger partial charge on any atom is 0.305 e. The number of nitrogens with zero attached hydrogens (tertiary/aromatic N) is 3. The summed E-state index contributed by atoms with van der Waals surface area (Å²) < 4.78 is 0. The van der Waals surface area contributed by atoms with Gasteiger partial charge >= 0.3 is 11.9 Å². The number of hydrogen-bond acceptors (Lipinski definition) is 16. The second-order valence-corrected chi connectivity index (χ2v) is 19.6. The molecule has 1 aromatic carbocycles. The molecule has 0 aliphatic carbocycles. The first kappa shape index (κ1) is 68.9. The predicted octanol–water partition coefficient (Wildman–Crippen LogP) is -5.63. The summed E-state index contributed by atoms with van der Waals surface area (Å²) in [5, 5.41) is 40.3. The molecule has 0 fully saturated rings. The van der Waals surface area contributed by atoms with Crippen molar-refractivity contribution in [2.75, 3.05) is 26.2 Å². The minimum atomic E-state index is -2.00. The van der Waals surface area contributed by atoms with Gasteiger partial charge in [0.2, 0.25) is 53.2 Å². The molecule has 0 aliphatic rings. The number of hydrogen-bond donors (Lipinski definition) is 19. The van der Waals surface area contributed by atoms with Crippen LogP contribution in [0.2, 0.25) is 0 Å². The number of carbonyl (C=O) groups excluding carboxylic acids is 9. The van der Waals surface area contributed by atoms with Gasteiger partial charge in [-0.2, -0.15) is 0 Å². The third-order valence-electron chi connectivity index (χ3n) is 12.8. The lowest BCUT2D eigenvalue weighted by Crippen LogP contribution is -2.61. The van der Waals surface area contributed by atoms with E-state index in [9.17, 15) is 63.0 Å². The molecule has 3 aromatic rings. The molecule has 2 heterocycles. The van der Waals surface area contributed by atoms with E-state index in [0.717, 1.165) is 10.9 Å². The summed E-state index contributed by atoms with van der Waals surface area (Å²) in [7, 11) is 0. The van der Waals surface area contributed by atoms with Crippen molar-refractivity contribution in [2.24, 2.45) is 50.1 Å². The summed E-state index contributed by atoms with van der Waals surface area (Å²) in [4.78, 5) is 165. The molecular formula is C51H80N20O13. The number of aromatic nitrogens is 3. The van der Waals surface area contributed by atoms with Crippen LogP contribution in [-0.4, -0.2) is 177 Å². The highest BCUT2D eigenvalue weighted by Crippen LogP contribution is 2.20. The van der Waals surface area contributed by atoms with Gasteiger partial charge < -0.3 is 103 Å². The molecule has 0 spiro atoms. The molecule has 0 aliphatic heterocycles. The average Bonchev–Trinajstić information content (AvgIpc) is 3.98. The van der Waals surface area contributed by atoms with Gasteiger partial charge in [-0.25, -0.2) is 4.98 Å². The molecule has 26 N–H and O–H groups in total. The van der Waals surface area contributed by atoms with E-state index in [1.807, 2.05) is 12.1 Å². The topological polar surface area (TPSA) is 576 Å². The zero-order chi connectivity index (χ0) is 62.3. The number of para-hydroxylation sites is 1. The number of primary amides is 1. The van der Waals surface area contributed by atoms with Crippen molar-refractivity contribution < 1.29 is 63.0 Å². The molecule has 0 unspecified atom stereocenters. The van der Waals surface area contributed by atoms with E-state index < -0.39 is 133 Å². The van der Waals surface area contributed by atoms with Gasteiger partial charge in [0.25, 0.3) is 0 Å². The third kappa shape index (κ3) is 25.2. The van der Waals surface area contributed by atoms with Crippen LogP contribution in [0.25, 0.3) is 10.9 Å². The summed E-state index contributed by atoms with van der Waals surface area (Å²) in [5.41, 5.74) is 40.2. The number of rotatable bonds is 40. The fraction of sp³-hybridized carbons (Fsp3) is 0.529. The van der Waals surface area contributed by atoms with Gasteiger partial charge in [-0.3, -0.25) is 62.7 Å². The van der Waals surface area contributed by atoms with Crippen molar-refractivity contribution in [1.82, 2.24) is 57.5 Å². The van der Waals surface area contributed by atoms with Crippen molar-refractivity contribution in [3.05, 3.63) is 54.2 Å². The molecule has 3 rings (SSSR count). The monoisotopic (exact) mass is 1180 g/mol. The number of guanidine groups is 2. The van der Waals surface area contributed by atoms with E-state index in [2.05, 4.69) is 67.5 Å². The first-order valence-corrected chi connectivity index (χ1v) is 27.1. The predicted molar refractivity (Wildman–Crippen MR) is 305 cm³/mol. The van der Waals surface area contributed by atoms with Crippen LogP contribution in [0.4, 0.5) is 0 Å². The van der Waals surface area contributed by atoms with Gasteiger partial charge in [0, 0.05) is 61.8 Å². The number of aliphatic carboxylic acids is 2. The van der Waals surface area contributed by atoms with E-state index in [1.54, 1.807) is 18.3 Å². The highest BCUT2D eigenvalue weighted by atomic mass is 16.4. The molecule has 0 saturated heterocycles. The van der Waals surface area contributed by atoms with Crippen LogP contribution in [0.5, 0.6) is 0 Å². The van der Waals surface area contributed by atoms with E-state index in [1.165, 1.54) is 19.4 Å². The second-order valence-electron chi connectivity index (χ2n) is 19.6. The number of carboxylic acid groups (broad SMARTS) is 2. The summed E-state index contributed by atoms with van der Waals surface area (Å²) >= 11 is 0. The van der Waals surface area contributed by atoms with Gasteiger partial charge in [0.15, 0.2) is 11.9 Å². The molecule has 0 saturated carbocycles. The molecule has 33 nitrogen and oxygen atoms in total. The van der Waals surface area contributed by atoms with Crippen LogP contribution < -0.4 is 82.7 Å². The molecule has 0 bridgehead atoms. The number of aromatic amines is 2. The van der Waals surface area contributed by atoms with Crippen LogP contribution >= 0.6 is 0 Å². The van der Waals surface area contributed by atoms with Crippen LogP contribution in [0.1, 0.15) is 95.2 Å². The Kier molecular flexibility index (Phi) is 29.6. The van der Waals surface area contributed by atoms with Crippen LogP contribution in [0.3, 0.4) is 0 Å². The van der Waals surface area contributed by atoms with Crippen molar-refractivity contribution in [1.29, 1.82) is 0 Å². The normalized spacial score (nSPS) is 13.8. The largest absolute Gasteiger partial charge is 0.481 e. The molecule has 84 heavy (non-hydrogen) atoms. The molecule has 9 amide bonds. The Morgan fingerprint density at radius 1 is 0.512 bits per heavy atom. The molecule has 2 aromatic heterocycles. The Balaban J connectivity index is 1.98. The van der Waals surface area contributed by atoms with Crippen molar-refractivity contribution in [2.45, 2.75) is 145 Å². The Bertz CT molecular complexity index is 2760. The van der Waals surface area contributed by atoms with E-state index in [0.29, 0.717) is 31.4 Å². The Hall–Kier alpha value is -9.40. The number of imidazole rings is 1. The SMILES string of the molecule is CC(=O)N[C@@H](CCCCN)C(=O)N[C@@H](Cc1c[nH]c2ccccc12)C(=O)N[C@@H](CCCCN)C(=O)N[C@@H](CCCN=C(N)N)C(=O)N[C@@H](CC(=O)O)C(=O)N[C@@H](Cc1cnc[nH]1)C(=O)N[C@@H](CC(=O)O)C(=O)N[C@@H](CCCN=C(N)N)C(N)=O. The number of nitrogens with two attached hydrogens (primary N) is 7. The smallest absolute Gasteiger partial charge is 0.305 e. The first-order chi connectivity index (χ1) is 39.9. The Labute approximate surface area is 482 Å². The quantitative estimate of drug-likeness (QED) is 0.0143. The molecule has 0 radical (unpaired) electrons. The lowest BCUT2D eigenvalue weighted by atomic mass is 10.0. The molecule has 8 atom stereocenters. The van der Waals surface area contributed by atoms with Gasteiger partial charge in [-0.05, 0) is 88.9 Å². The van der Waals surface area contributed by atoms with Crippen LogP contribution in [0, 0.1) is 0 Å². The lowest BCUT2D eigenvalue weighted by molar-refractivity contribution is -0.142. The third-order valence-corrected chi connectivity index (χ3v) is 12.8. The van der Waals surface area contributed by atoms with Crippen molar-refractivity contribution in [3.8, 4) is 0 Å². The second kappa shape index (κ2) is 36.1. The number of fused-ring (bicyclic) bond motifs is 1. The zero-order valence-electron chi connectivity index (χ0n) is 46.7. The lowest BCUT2D eigenvalue weighted by Gasteiger charge is -2.28. The fourth-order valence-electron chi connectivity index (χ4n) is 8.56. The molecule has 462 valence electrons. The Morgan fingerprint density at radius 2 is 0.917 bits per heavy atom. The van der Waals surface area contributed by atoms with Gasteiger partial charge in [0.05, 0.1) is 19.2 Å². The van der Waals surface area contributed by atoms with E-state index in [-0.39, 0.29) is 88.6 Å². The number of unbranched alkanes of at least 4 members (excludes halogenated alkanes) is 2. The summed E-state index contributed by atoms with van der Waals surface area (Å²) in [5.74, 6) is -12.4. The van der Waals surface area contributed by atoms with Crippen molar-refractivity contribution in [3.63, 3.8) is 0 Å². The fourth-order valence-corrected chi connectivity index (χ4v) is 8.56. The van der Waals surface area contributed by atoms with Crippen LogP contribution in [0.15, 0.2) is 53.0 Å². The maximum atomic E-state index is 14.5. The summed E-state index contributed by atoms with van der Waals surface area (Å²) in [6.07, 6.45) is 3.10. The number of benzene rings is 1. The number of carboxylic acids is 2. The van der Waals surface area contributed by atoms with Crippen LogP contribution in [-0.2, 0) is 65.6 Å². The summed E-state index contributed by atoms with van der Waals surface area (Å²) in [6, 6.07) is -5.22. The first-order valence-electron chi connectivity index (χ1n) is 27.1. The van der Waals surface area contributed by atoms with E-state index >= 15 is 0 Å². The van der Waals surface area contributed by atoms with E-state index in [4.69, 9.17) is 40.1 Å². The highest BCUT2D eigenvalue weighted by Gasteiger charge is 2.36. The zero-order valence-corrected chi connectivity index (χ0v) is 46.7. The maximum absolute atomic E-state index is 14.5. The van der Waals surface area contributed by atoms with Crippen molar-refractivity contribution >= 4 is 87.9 Å². The minimum Gasteiger partial charge on any atom is -0.481 e. The number of amides is 9. The van der Waals surface area contributed by atoms with Gasteiger partial charge in [-0.15, -0.1) is 0 Å². The standard InChI is InChI=1S/C51H80N20O13/c1-27(72)64-33(12-4-6-16-52)43(78)68-36(20-28-24-62-31-11-3-2-10-30(28)31)46(81)67-34(13-5-7-17-53)44(79)66-35(15-9-19-61-51(57)58)45(80)70-39(23-41(75)76)49(84)69-37(21-29-25-59-26-63-29)47(82)71-38(22-40(73)74)48(83)65-32(42(54)77)14-8-18-60-50(55)56/h2-3,10-11,24-26,32-39,62H,4-9,12-23,52-53H2,1H3,(H2,54,77)(H,59,63)(H,64,72)(H,65,83)(H,66,79)(H,67,81)(H,68,78)(H,69,84)(H,70,80)(H,71,82)(H,73,74)(H,75,76)(H4,55,56,60)(H4,57,58,61)/t32-,33-,34-,35-,36-,37-,38-,39-/m0/s1. The average molecular weight is 1180 g/mol. The number of H-pyrrole nitrogens is 2. The minimum absolute atomic E-state index is 0.00535. The Morgan fingerprint density at radius 3 is 1.36 bits per heavy atom. The van der Waals surface area contributed by atoms with Gasteiger partial charge in [-0.1, -0.05) is 18.2 Å². The number of carbonyl (C=O) groups is 11. The van der Waals surface area contributed by atoms with Gasteiger partial charge in [0.1, 0.15) is 48.3 Å². The molecule has 33 heteroatoms. The molecular weight excluding hydrogens is 1100 g/mol. The highest BCUT2D eigenvalue weighted by molar-refractivity contribution is 5.99. The summed E-state index contributed by atoms with van der Waals surface area (Å²) in [6.45, 7) is 1.73.